The molecule has 0 unspecified atom stereocenters. The molecule has 0 saturated carbocycles. The van der Waals surface area contributed by atoms with E-state index in [1.807, 2.05) is 23.1 Å². The number of aromatic nitrogens is 2. The van der Waals surface area contributed by atoms with Crippen molar-refractivity contribution in [3.63, 3.8) is 0 Å². The molecular formula is C27H35N5O2S. The molecule has 0 atom stereocenters. The summed E-state index contributed by atoms with van der Waals surface area (Å²) in [4.78, 5) is 24.4. The normalized spacial score (nSPS) is 13.9. The number of hydrogen-bond acceptors (Lipinski definition) is 7. The Balaban J connectivity index is 1.31. The minimum absolute atomic E-state index is 0.209. The van der Waals surface area contributed by atoms with E-state index in [4.69, 9.17) is 9.72 Å². The van der Waals surface area contributed by atoms with Gasteiger partial charge in [-0.3, -0.25) is 4.79 Å². The van der Waals surface area contributed by atoms with E-state index in [0.717, 1.165) is 48.4 Å². The SMILES string of the molecule is COc1cccc(Cc2nsc(N(CCC(=O)N3CCN(c4ccccc4C)CC3)C(C)C)n2)c1. The van der Waals surface area contributed by atoms with Gasteiger partial charge in [0.2, 0.25) is 11.0 Å². The lowest BCUT2D eigenvalue weighted by molar-refractivity contribution is -0.131. The fraction of sp³-hybridized carbons (Fsp3) is 0.444. The summed E-state index contributed by atoms with van der Waals surface area (Å²) in [6.07, 6.45) is 1.14. The molecule has 0 bridgehead atoms. The van der Waals surface area contributed by atoms with Gasteiger partial charge in [-0.1, -0.05) is 30.3 Å². The number of rotatable bonds is 9. The summed E-state index contributed by atoms with van der Waals surface area (Å²) in [5, 5.41) is 0.870. The van der Waals surface area contributed by atoms with Crippen molar-refractivity contribution in [1.29, 1.82) is 0 Å². The second-order valence-electron chi connectivity index (χ2n) is 9.21. The fourth-order valence-corrected chi connectivity index (χ4v) is 5.31. The average Bonchev–Trinajstić information content (AvgIpc) is 3.32. The second-order valence-corrected chi connectivity index (χ2v) is 9.94. The van der Waals surface area contributed by atoms with E-state index in [1.54, 1.807) is 7.11 Å². The number of carbonyl (C=O) groups excluding carboxylic acids is 1. The Kier molecular flexibility index (Phi) is 8.23. The smallest absolute Gasteiger partial charge is 0.224 e. The van der Waals surface area contributed by atoms with Crippen molar-refractivity contribution in [2.45, 2.75) is 39.7 Å². The van der Waals surface area contributed by atoms with Gasteiger partial charge in [0, 0.05) is 68.8 Å². The molecule has 1 aliphatic rings. The highest BCUT2D eigenvalue weighted by atomic mass is 32.1. The van der Waals surface area contributed by atoms with Crippen LogP contribution in [0.1, 0.15) is 37.2 Å². The van der Waals surface area contributed by atoms with Crippen LogP contribution < -0.4 is 14.5 Å². The van der Waals surface area contributed by atoms with Crippen LogP contribution in [-0.4, -0.2) is 66.0 Å². The molecule has 186 valence electrons. The molecule has 0 aliphatic carbocycles. The van der Waals surface area contributed by atoms with E-state index in [0.29, 0.717) is 19.4 Å². The van der Waals surface area contributed by atoms with Crippen LogP contribution in [0.15, 0.2) is 48.5 Å². The molecule has 0 radical (unpaired) electrons. The summed E-state index contributed by atoms with van der Waals surface area (Å²) in [5.41, 5.74) is 3.67. The zero-order valence-electron chi connectivity index (χ0n) is 21.1. The number of amides is 1. The molecule has 1 saturated heterocycles. The van der Waals surface area contributed by atoms with Crippen molar-refractivity contribution in [2.75, 3.05) is 49.6 Å². The summed E-state index contributed by atoms with van der Waals surface area (Å²) >= 11 is 1.40. The number of carbonyl (C=O) groups is 1. The molecule has 1 amide bonds. The highest BCUT2D eigenvalue weighted by molar-refractivity contribution is 7.09. The van der Waals surface area contributed by atoms with Gasteiger partial charge in [-0.2, -0.15) is 4.37 Å². The zero-order valence-corrected chi connectivity index (χ0v) is 21.9. The Morgan fingerprint density at radius 2 is 1.89 bits per heavy atom. The third kappa shape index (κ3) is 6.31. The topological polar surface area (TPSA) is 61.8 Å². The van der Waals surface area contributed by atoms with Gasteiger partial charge in [0.1, 0.15) is 11.6 Å². The van der Waals surface area contributed by atoms with Gasteiger partial charge in [0.25, 0.3) is 0 Å². The minimum atomic E-state index is 0.209. The van der Waals surface area contributed by atoms with Crippen molar-refractivity contribution in [1.82, 2.24) is 14.3 Å². The fourth-order valence-electron chi connectivity index (χ4n) is 4.46. The van der Waals surface area contributed by atoms with E-state index in [1.165, 1.54) is 22.8 Å². The van der Waals surface area contributed by atoms with Crippen molar-refractivity contribution in [3.8, 4) is 5.75 Å². The molecule has 3 aromatic rings. The highest BCUT2D eigenvalue weighted by Crippen LogP contribution is 2.24. The minimum Gasteiger partial charge on any atom is -0.497 e. The Hall–Kier alpha value is -3.13. The summed E-state index contributed by atoms with van der Waals surface area (Å²) in [5.74, 6) is 1.84. The van der Waals surface area contributed by atoms with E-state index < -0.39 is 0 Å². The zero-order chi connectivity index (χ0) is 24.8. The van der Waals surface area contributed by atoms with Crippen LogP contribution in [-0.2, 0) is 11.2 Å². The lowest BCUT2D eigenvalue weighted by Gasteiger charge is -2.37. The van der Waals surface area contributed by atoms with E-state index in [-0.39, 0.29) is 11.9 Å². The monoisotopic (exact) mass is 493 g/mol. The number of para-hydroxylation sites is 1. The number of methoxy groups -OCH3 is 1. The summed E-state index contributed by atoms with van der Waals surface area (Å²) in [6.45, 7) is 10.3. The van der Waals surface area contributed by atoms with Crippen LogP contribution in [0.25, 0.3) is 0 Å². The van der Waals surface area contributed by atoms with Crippen LogP contribution in [0.5, 0.6) is 5.75 Å². The third-order valence-corrected chi connectivity index (χ3v) is 7.27. The molecule has 0 N–H and O–H groups in total. The van der Waals surface area contributed by atoms with Crippen LogP contribution in [0.3, 0.4) is 0 Å². The maximum Gasteiger partial charge on any atom is 0.224 e. The predicted molar refractivity (Wildman–Crippen MR) is 143 cm³/mol. The maximum absolute atomic E-state index is 13.0. The number of ether oxygens (including phenoxy) is 1. The van der Waals surface area contributed by atoms with Gasteiger partial charge in [-0.05, 0) is 50.1 Å². The molecule has 1 aromatic heterocycles. The van der Waals surface area contributed by atoms with Gasteiger partial charge < -0.3 is 19.4 Å². The lowest BCUT2D eigenvalue weighted by atomic mass is 10.1. The molecule has 7 nitrogen and oxygen atoms in total. The highest BCUT2D eigenvalue weighted by Gasteiger charge is 2.24. The predicted octanol–water partition coefficient (Wildman–Crippen LogP) is 4.40. The standard InChI is InChI=1S/C27H35N5O2S/c1-20(2)32(27-28-25(29-35-27)19-22-9-7-10-23(18-22)34-4)13-12-26(33)31-16-14-30(15-17-31)24-11-6-5-8-21(24)3/h5-11,18,20H,12-17,19H2,1-4H3. The first-order valence-electron chi connectivity index (χ1n) is 12.2. The van der Waals surface area contributed by atoms with E-state index in [2.05, 4.69) is 65.3 Å². The van der Waals surface area contributed by atoms with Crippen LogP contribution in [0, 0.1) is 6.92 Å². The Morgan fingerprint density at radius 3 is 2.60 bits per heavy atom. The number of piperazine rings is 1. The largest absolute Gasteiger partial charge is 0.497 e. The number of nitrogens with zero attached hydrogens (tertiary/aromatic N) is 5. The van der Waals surface area contributed by atoms with Crippen molar-refractivity contribution in [2.24, 2.45) is 0 Å². The molecule has 4 rings (SSSR count). The van der Waals surface area contributed by atoms with Crippen molar-refractivity contribution in [3.05, 3.63) is 65.5 Å². The summed E-state index contributed by atoms with van der Waals surface area (Å²) < 4.78 is 9.90. The molecule has 1 aliphatic heterocycles. The first-order chi connectivity index (χ1) is 16.9. The van der Waals surface area contributed by atoms with Gasteiger partial charge in [0.05, 0.1) is 7.11 Å². The Morgan fingerprint density at radius 1 is 1.11 bits per heavy atom. The molecule has 2 aromatic carbocycles. The number of hydrogen-bond donors (Lipinski definition) is 0. The molecule has 1 fully saturated rings. The first kappa shape index (κ1) is 25.0. The second kappa shape index (κ2) is 11.5. The number of benzene rings is 2. The van der Waals surface area contributed by atoms with E-state index >= 15 is 0 Å². The maximum atomic E-state index is 13.0. The Bertz CT molecular complexity index is 1120. The van der Waals surface area contributed by atoms with Gasteiger partial charge in [0.15, 0.2) is 0 Å². The summed E-state index contributed by atoms with van der Waals surface area (Å²) in [7, 11) is 1.67. The number of anilines is 2. The summed E-state index contributed by atoms with van der Waals surface area (Å²) in [6, 6.07) is 16.7. The van der Waals surface area contributed by atoms with Crippen LogP contribution in [0.4, 0.5) is 10.8 Å². The third-order valence-electron chi connectivity index (χ3n) is 6.48. The van der Waals surface area contributed by atoms with Gasteiger partial charge >= 0.3 is 0 Å². The molecular weight excluding hydrogens is 458 g/mol. The Labute approximate surface area is 212 Å². The quantitative estimate of drug-likeness (QED) is 0.440. The van der Waals surface area contributed by atoms with Gasteiger partial charge in [-0.15, -0.1) is 0 Å². The van der Waals surface area contributed by atoms with Crippen molar-refractivity contribution >= 4 is 28.3 Å². The van der Waals surface area contributed by atoms with E-state index in [9.17, 15) is 4.79 Å². The molecule has 8 heteroatoms. The number of aryl methyl sites for hydroxylation is 1. The van der Waals surface area contributed by atoms with Crippen LogP contribution >= 0.6 is 11.5 Å². The van der Waals surface area contributed by atoms with Crippen LogP contribution in [0.2, 0.25) is 0 Å². The molecule has 35 heavy (non-hydrogen) atoms. The first-order valence-corrected chi connectivity index (χ1v) is 13.0. The lowest BCUT2D eigenvalue weighted by Crippen LogP contribution is -2.49. The molecule has 0 spiro atoms. The van der Waals surface area contributed by atoms with Crippen molar-refractivity contribution < 1.29 is 9.53 Å². The molecule has 2 heterocycles. The average molecular weight is 494 g/mol. The van der Waals surface area contributed by atoms with Gasteiger partial charge in [-0.25, -0.2) is 4.98 Å².